The van der Waals surface area contributed by atoms with E-state index >= 15 is 0 Å². The Hall–Kier alpha value is -2.19. The second-order valence-electron chi connectivity index (χ2n) is 4.67. The van der Waals surface area contributed by atoms with E-state index in [0.717, 1.165) is 17.1 Å². The lowest BCUT2D eigenvalue weighted by atomic mass is 10.3. The first kappa shape index (κ1) is 16.2. The topological polar surface area (TPSA) is 85.0 Å². The number of non-ortho nitro benzene ring substituents is 1. The van der Waals surface area contributed by atoms with Gasteiger partial charge in [0.1, 0.15) is 0 Å². The van der Waals surface area contributed by atoms with Gasteiger partial charge < -0.3 is 10.6 Å². The molecule has 0 saturated carbocycles. The number of nitro groups is 1. The molecule has 0 bridgehead atoms. The van der Waals surface area contributed by atoms with Crippen LogP contribution in [0.3, 0.4) is 0 Å². The van der Waals surface area contributed by atoms with Crippen LogP contribution in [0.1, 0.15) is 11.4 Å². The van der Waals surface area contributed by atoms with E-state index in [9.17, 15) is 10.1 Å². The molecule has 2 aromatic rings. The number of hydrogen-bond acceptors (Lipinski definition) is 4. The number of thiocarbonyl (C=S) groups is 1. The zero-order valence-electron chi connectivity index (χ0n) is 12.2. The number of halogens is 1. The highest BCUT2D eigenvalue weighted by molar-refractivity contribution is 7.80. The lowest BCUT2D eigenvalue weighted by Gasteiger charge is -2.12. The van der Waals surface area contributed by atoms with Crippen molar-refractivity contribution < 1.29 is 4.92 Å². The minimum absolute atomic E-state index is 0.0663. The molecule has 1 aromatic heterocycles. The molecule has 0 aliphatic carbocycles. The standard InChI is InChI=1S/C13H14ClN5O2S/c1-7-12(8(2)18(3)17-7)16-13(22)15-11-6-9(19(20)21)4-5-10(11)14/h4-6H,1-3H3,(H2,15,16,22). The van der Waals surface area contributed by atoms with Crippen LogP contribution in [-0.2, 0) is 7.05 Å². The molecule has 0 aliphatic rings. The van der Waals surface area contributed by atoms with E-state index in [0.29, 0.717) is 10.7 Å². The van der Waals surface area contributed by atoms with Crippen molar-refractivity contribution in [2.45, 2.75) is 13.8 Å². The largest absolute Gasteiger partial charge is 0.331 e. The van der Waals surface area contributed by atoms with E-state index < -0.39 is 4.92 Å². The number of nitrogens with one attached hydrogen (secondary N) is 2. The minimum Gasteiger partial charge on any atom is -0.331 e. The van der Waals surface area contributed by atoms with Gasteiger partial charge in [0.2, 0.25) is 0 Å². The van der Waals surface area contributed by atoms with Crippen molar-refractivity contribution in [3.63, 3.8) is 0 Å². The number of rotatable bonds is 3. The van der Waals surface area contributed by atoms with Crippen molar-refractivity contribution in [2.24, 2.45) is 7.05 Å². The maximum absolute atomic E-state index is 10.8. The summed E-state index contributed by atoms with van der Waals surface area (Å²) in [5.41, 5.74) is 2.82. The van der Waals surface area contributed by atoms with Crippen LogP contribution in [0.2, 0.25) is 5.02 Å². The second kappa shape index (κ2) is 6.29. The monoisotopic (exact) mass is 339 g/mol. The number of aryl methyl sites for hydroxylation is 2. The summed E-state index contributed by atoms with van der Waals surface area (Å²) < 4.78 is 1.74. The normalized spacial score (nSPS) is 10.4. The molecule has 1 heterocycles. The first-order valence-electron chi connectivity index (χ1n) is 6.31. The van der Waals surface area contributed by atoms with Crippen LogP contribution in [0.5, 0.6) is 0 Å². The van der Waals surface area contributed by atoms with Crippen LogP contribution < -0.4 is 10.6 Å². The highest BCUT2D eigenvalue weighted by Gasteiger charge is 2.13. The predicted molar refractivity (Wildman–Crippen MR) is 90.6 cm³/mol. The fourth-order valence-electron chi connectivity index (χ4n) is 1.94. The Bertz CT molecular complexity index is 759. The fraction of sp³-hybridized carbons (Fsp3) is 0.231. The van der Waals surface area contributed by atoms with Gasteiger partial charge >= 0.3 is 0 Å². The van der Waals surface area contributed by atoms with Crippen molar-refractivity contribution in [1.82, 2.24) is 9.78 Å². The van der Waals surface area contributed by atoms with Crippen molar-refractivity contribution in [3.8, 4) is 0 Å². The molecule has 0 saturated heterocycles. The zero-order valence-corrected chi connectivity index (χ0v) is 13.7. The predicted octanol–water partition coefficient (Wildman–Crippen LogP) is 3.41. The third-order valence-corrected chi connectivity index (χ3v) is 3.69. The maximum Gasteiger partial charge on any atom is 0.271 e. The number of nitro benzene ring substituents is 1. The van der Waals surface area contributed by atoms with Gasteiger partial charge in [0.15, 0.2) is 5.11 Å². The van der Waals surface area contributed by atoms with Crippen LogP contribution in [0.25, 0.3) is 0 Å². The molecule has 0 radical (unpaired) electrons. The van der Waals surface area contributed by atoms with Gasteiger partial charge in [-0.3, -0.25) is 14.8 Å². The molecule has 7 nitrogen and oxygen atoms in total. The zero-order chi connectivity index (χ0) is 16.4. The number of nitrogens with zero attached hydrogens (tertiary/aromatic N) is 3. The van der Waals surface area contributed by atoms with Gasteiger partial charge in [0, 0.05) is 19.2 Å². The highest BCUT2D eigenvalue weighted by atomic mass is 35.5. The molecule has 2 N–H and O–H groups in total. The first-order valence-corrected chi connectivity index (χ1v) is 7.10. The molecule has 1 aromatic carbocycles. The van der Waals surface area contributed by atoms with Crippen molar-refractivity contribution >= 4 is 46.0 Å². The average Bonchev–Trinajstić information content (AvgIpc) is 2.67. The van der Waals surface area contributed by atoms with E-state index in [1.54, 1.807) is 4.68 Å². The summed E-state index contributed by atoms with van der Waals surface area (Å²) in [5, 5.41) is 21.6. The minimum atomic E-state index is -0.493. The highest BCUT2D eigenvalue weighted by Crippen LogP contribution is 2.27. The van der Waals surface area contributed by atoms with Crippen molar-refractivity contribution in [2.75, 3.05) is 10.6 Å². The van der Waals surface area contributed by atoms with Gasteiger partial charge in [0.25, 0.3) is 5.69 Å². The third kappa shape index (κ3) is 3.34. The number of anilines is 2. The van der Waals surface area contributed by atoms with Gasteiger partial charge in [-0.15, -0.1) is 0 Å². The summed E-state index contributed by atoms with van der Waals surface area (Å²) in [7, 11) is 1.83. The van der Waals surface area contributed by atoms with Gasteiger partial charge in [0.05, 0.1) is 32.7 Å². The van der Waals surface area contributed by atoms with E-state index in [-0.39, 0.29) is 10.8 Å². The smallest absolute Gasteiger partial charge is 0.271 e. The number of aromatic nitrogens is 2. The molecule has 9 heteroatoms. The van der Waals surface area contributed by atoms with E-state index in [1.807, 2.05) is 20.9 Å². The van der Waals surface area contributed by atoms with Crippen LogP contribution in [0.15, 0.2) is 18.2 Å². The molecule has 0 atom stereocenters. The molecule has 0 amide bonds. The summed E-state index contributed by atoms with van der Waals surface area (Å²) in [6.07, 6.45) is 0. The molecule has 22 heavy (non-hydrogen) atoms. The molecule has 116 valence electrons. The quantitative estimate of drug-likeness (QED) is 0.506. The van der Waals surface area contributed by atoms with Crippen LogP contribution >= 0.6 is 23.8 Å². The molecular weight excluding hydrogens is 326 g/mol. The van der Waals surface area contributed by atoms with Crippen molar-refractivity contribution in [3.05, 3.63) is 44.7 Å². The van der Waals surface area contributed by atoms with E-state index in [1.165, 1.54) is 18.2 Å². The van der Waals surface area contributed by atoms with Gasteiger partial charge in [-0.2, -0.15) is 5.10 Å². The van der Waals surface area contributed by atoms with Crippen molar-refractivity contribution in [1.29, 1.82) is 0 Å². The second-order valence-corrected chi connectivity index (χ2v) is 5.49. The molecule has 0 aliphatic heterocycles. The molecule has 0 fully saturated rings. The Morgan fingerprint density at radius 2 is 2.09 bits per heavy atom. The summed E-state index contributed by atoms with van der Waals surface area (Å²) >= 11 is 11.3. The molecule has 0 spiro atoms. The first-order chi connectivity index (χ1) is 10.3. The van der Waals surface area contributed by atoms with Crippen LogP contribution in [-0.4, -0.2) is 19.8 Å². The van der Waals surface area contributed by atoms with E-state index in [2.05, 4.69) is 15.7 Å². The van der Waals surface area contributed by atoms with Gasteiger partial charge in [-0.1, -0.05) is 11.6 Å². The molecular formula is C13H14ClN5O2S. The maximum atomic E-state index is 10.8. The summed E-state index contributed by atoms with van der Waals surface area (Å²) in [6.45, 7) is 3.77. The fourth-order valence-corrected chi connectivity index (χ4v) is 2.32. The SMILES string of the molecule is Cc1nn(C)c(C)c1NC(=S)Nc1cc([N+](=O)[O-])ccc1Cl. The Labute approximate surface area is 137 Å². The van der Waals surface area contributed by atoms with Gasteiger partial charge in [-0.25, -0.2) is 0 Å². The lowest BCUT2D eigenvalue weighted by molar-refractivity contribution is -0.384. The molecule has 2 rings (SSSR count). The van der Waals surface area contributed by atoms with Crippen LogP contribution in [0, 0.1) is 24.0 Å². The Morgan fingerprint density at radius 3 is 2.64 bits per heavy atom. The molecule has 0 unspecified atom stereocenters. The Kier molecular flexibility index (Phi) is 4.62. The Balaban J connectivity index is 2.19. The Morgan fingerprint density at radius 1 is 1.41 bits per heavy atom. The summed E-state index contributed by atoms with van der Waals surface area (Å²) in [4.78, 5) is 10.3. The number of hydrogen-bond donors (Lipinski definition) is 2. The number of benzene rings is 1. The van der Waals surface area contributed by atoms with Crippen LogP contribution in [0.4, 0.5) is 17.1 Å². The summed E-state index contributed by atoms with van der Waals surface area (Å²) in [5.74, 6) is 0. The lowest BCUT2D eigenvalue weighted by Crippen LogP contribution is -2.20. The average molecular weight is 340 g/mol. The third-order valence-electron chi connectivity index (χ3n) is 3.16. The summed E-state index contributed by atoms with van der Waals surface area (Å²) in [6, 6.07) is 4.11. The van der Waals surface area contributed by atoms with Gasteiger partial charge in [-0.05, 0) is 32.1 Å². The van der Waals surface area contributed by atoms with E-state index in [4.69, 9.17) is 23.8 Å².